The van der Waals surface area contributed by atoms with Gasteiger partial charge in [-0.05, 0) is 37.5 Å². The lowest BCUT2D eigenvalue weighted by Gasteiger charge is -2.36. The molecule has 0 aromatic heterocycles. The molecule has 2 rings (SSSR count). The number of carboxylic acids is 1. The van der Waals surface area contributed by atoms with Gasteiger partial charge < -0.3 is 20.1 Å². The molecule has 3 atom stereocenters. The monoisotopic (exact) mass is 298 g/mol. The number of urea groups is 1. The highest BCUT2D eigenvalue weighted by atomic mass is 16.5. The molecule has 0 saturated carbocycles. The fraction of sp³-hybridized carbons (Fsp3) is 0.867. The largest absolute Gasteiger partial charge is 0.480 e. The Labute approximate surface area is 125 Å². The van der Waals surface area contributed by atoms with E-state index < -0.39 is 12.0 Å². The third-order valence-corrected chi connectivity index (χ3v) is 4.69. The summed E-state index contributed by atoms with van der Waals surface area (Å²) in [7, 11) is 0. The summed E-state index contributed by atoms with van der Waals surface area (Å²) in [5.74, 6) is 0.0321. The molecule has 2 N–H and O–H groups in total. The predicted octanol–water partition coefficient (Wildman–Crippen LogP) is 1.70. The van der Waals surface area contributed by atoms with Crippen LogP contribution in [0.2, 0.25) is 0 Å². The van der Waals surface area contributed by atoms with E-state index in [0.717, 1.165) is 38.9 Å². The first kappa shape index (κ1) is 16.1. The van der Waals surface area contributed by atoms with Crippen LogP contribution in [0, 0.1) is 11.8 Å². The van der Waals surface area contributed by atoms with Gasteiger partial charge in [0.05, 0.1) is 0 Å². The van der Waals surface area contributed by atoms with Crippen LogP contribution in [0.15, 0.2) is 0 Å². The quantitative estimate of drug-likeness (QED) is 0.809. The summed E-state index contributed by atoms with van der Waals surface area (Å²) in [6, 6.07) is -0.922. The van der Waals surface area contributed by atoms with Crippen LogP contribution < -0.4 is 5.32 Å². The summed E-state index contributed by atoms with van der Waals surface area (Å²) in [5.41, 5.74) is 0. The Morgan fingerprint density at radius 2 is 2.14 bits per heavy atom. The van der Waals surface area contributed by atoms with E-state index in [-0.39, 0.29) is 6.03 Å². The molecule has 0 radical (unpaired) electrons. The molecule has 0 spiro atoms. The zero-order chi connectivity index (χ0) is 15.2. The van der Waals surface area contributed by atoms with Gasteiger partial charge in [-0.2, -0.15) is 0 Å². The van der Waals surface area contributed by atoms with Gasteiger partial charge in [0.15, 0.2) is 0 Å². The van der Waals surface area contributed by atoms with Gasteiger partial charge in [-0.1, -0.05) is 13.3 Å². The molecule has 6 nitrogen and oxygen atoms in total. The topological polar surface area (TPSA) is 78.9 Å². The van der Waals surface area contributed by atoms with Crippen molar-refractivity contribution in [1.29, 1.82) is 0 Å². The molecule has 0 aromatic carbocycles. The highest BCUT2D eigenvalue weighted by molar-refractivity contribution is 5.82. The number of rotatable bonds is 5. The van der Waals surface area contributed by atoms with Crippen molar-refractivity contribution in [1.82, 2.24) is 10.2 Å². The number of ether oxygens (including phenoxy) is 1. The number of carboxylic acid groups (broad SMARTS) is 1. The molecule has 2 fully saturated rings. The molecule has 2 heterocycles. The highest BCUT2D eigenvalue weighted by Gasteiger charge is 2.35. The van der Waals surface area contributed by atoms with Gasteiger partial charge >= 0.3 is 12.0 Å². The molecule has 0 aliphatic carbocycles. The lowest BCUT2D eigenvalue weighted by molar-refractivity contribution is -0.144. The van der Waals surface area contributed by atoms with Crippen molar-refractivity contribution in [3.8, 4) is 0 Å². The maximum absolute atomic E-state index is 12.2. The number of piperidine rings is 1. The van der Waals surface area contributed by atoms with Crippen LogP contribution >= 0.6 is 0 Å². The molecule has 2 saturated heterocycles. The number of nitrogens with one attached hydrogen (secondary N) is 1. The highest BCUT2D eigenvalue weighted by Crippen LogP contribution is 2.25. The van der Waals surface area contributed by atoms with Crippen LogP contribution in [0.1, 0.15) is 39.0 Å². The maximum Gasteiger partial charge on any atom is 0.326 e. The number of nitrogens with zero attached hydrogens (tertiary/aromatic N) is 1. The average molecular weight is 298 g/mol. The van der Waals surface area contributed by atoms with Gasteiger partial charge in [-0.3, -0.25) is 0 Å². The van der Waals surface area contributed by atoms with Gasteiger partial charge in [0, 0.05) is 26.3 Å². The van der Waals surface area contributed by atoms with E-state index in [1.807, 2.05) is 0 Å². The minimum Gasteiger partial charge on any atom is -0.480 e. The normalized spacial score (nSPS) is 29.4. The summed E-state index contributed by atoms with van der Waals surface area (Å²) in [6.45, 7) is 4.78. The van der Waals surface area contributed by atoms with Crippen molar-refractivity contribution in [3.05, 3.63) is 0 Å². The molecule has 0 aromatic rings. The molecule has 120 valence electrons. The Kier molecular flexibility index (Phi) is 5.85. The van der Waals surface area contributed by atoms with Crippen molar-refractivity contribution >= 4 is 12.0 Å². The van der Waals surface area contributed by atoms with E-state index in [2.05, 4.69) is 12.2 Å². The number of hydrogen-bond donors (Lipinski definition) is 2. The number of amides is 2. The van der Waals surface area contributed by atoms with Crippen LogP contribution in [0.4, 0.5) is 4.79 Å². The van der Waals surface area contributed by atoms with Gasteiger partial charge in [-0.25, -0.2) is 9.59 Å². The molecular formula is C15H26N2O4. The smallest absolute Gasteiger partial charge is 0.326 e. The molecule has 21 heavy (non-hydrogen) atoms. The number of carbonyl (C=O) groups is 2. The minimum atomic E-state index is -0.896. The Morgan fingerprint density at radius 1 is 1.33 bits per heavy atom. The van der Waals surface area contributed by atoms with Crippen LogP contribution in [0.3, 0.4) is 0 Å². The lowest BCUT2D eigenvalue weighted by atomic mass is 9.89. The van der Waals surface area contributed by atoms with E-state index in [1.54, 1.807) is 0 Å². The number of carbonyl (C=O) groups excluding carboxylic acids is 1. The zero-order valence-electron chi connectivity index (χ0n) is 12.7. The Balaban J connectivity index is 1.80. The van der Waals surface area contributed by atoms with E-state index in [9.17, 15) is 14.7 Å². The first-order valence-electron chi connectivity index (χ1n) is 7.96. The molecule has 0 bridgehead atoms. The second kappa shape index (κ2) is 7.64. The second-order valence-electron chi connectivity index (χ2n) is 6.10. The molecule has 3 unspecified atom stereocenters. The number of aliphatic carboxylic acids is 1. The SMILES string of the molecule is CCC1CCN(C(=O)NCCC2CCOC2)C(C(=O)O)C1. The van der Waals surface area contributed by atoms with Crippen molar-refractivity contribution in [2.45, 2.75) is 45.1 Å². The van der Waals surface area contributed by atoms with Gasteiger partial charge in [0.25, 0.3) is 0 Å². The number of hydrogen-bond acceptors (Lipinski definition) is 3. The van der Waals surface area contributed by atoms with Crippen LogP contribution in [-0.2, 0) is 9.53 Å². The van der Waals surface area contributed by atoms with Crippen molar-refractivity contribution in [2.75, 3.05) is 26.3 Å². The first-order chi connectivity index (χ1) is 10.1. The van der Waals surface area contributed by atoms with Crippen LogP contribution in [0.5, 0.6) is 0 Å². The van der Waals surface area contributed by atoms with Crippen molar-refractivity contribution in [3.63, 3.8) is 0 Å². The van der Waals surface area contributed by atoms with E-state index in [4.69, 9.17) is 4.74 Å². The van der Waals surface area contributed by atoms with Gasteiger partial charge in [0.1, 0.15) is 6.04 Å². The molecular weight excluding hydrogens is 272 g/mol. The molecule has 2 amide bonds. The van der Waals surface area contributed by atoms with Crippen molar-refractivity contribution < 1.29 is 19.4 Å². The van der Waals surface area contributed by atoms with Gasteiger partial charge in [0.2, 0.25) is 0 Å². The Bertz CT molecular complexity index is 369. The first-order valence-corrected chi connectivity index (χ1v) is 7.96. The summed E-state index contributed by atoms with van der Waals surface area (Å²) in [6.07, 6.45) is 4.38. The molecule has 2 aliphatic heterocycles. The zero-order valence-corrected chi connectivity index (χ0v) is 12.7. The fourth-order valence-electron chi connectivity index (χ4n) is 3.18. The van der Waals surface area contributed by atoms with E-state index in [0.29, 0.717) is 31.3 Å². The lowest BCUT2D eigenvalue weighted by Crippen LogP contribution is -2.53. The van der Waals surface area contributed by atoms with Crippen LogP contribution in [-0.4, -0.2) is 54.4 Å². The average Bonchev–Trinajstić information content (AvgIpc) is 2.99. The summed E-state index contributed by atoms with van der Waals surface area (Å²) < 4.78 is 5.30. The maximum atomic E-state index is 12.2. The standard InChI is InChI=1S/C15H26N2O4/c1-2-11-4-7-17(13(9-11)14(18)19)15(20)16-6-3-12-5-8-21-10-12/h11-13H,2-10H2,1H3,(H,16,20)(H,18,19). The second-order valence-corrected chi connectivity index (χ2v) is 6.10. The predicted molar refractivity (Wildman–Crippen MR) is 78.1 cm³/mol. The summed E-state index contributed by atoms with van der Waals surface area (Å²) in [5, 5.41) is 12.2. The van der Waals surface area contributed by atoms with E-state index in [1.165, 1.54) is 4.90 Å². The van der Waals surface area contributed by atoms with Crippen LogP contribution in [0.25, 0.3) is 0 Å². The fourth-order valence-corrected chi connectivity index (χ4v) is 3.18. The van der Waals surface area contributed by atoms with E-state index >= 15 is 0 Å². The van der Waals surface area contributed by atoms with Crippen molar-refractivity contribution in [2.24, 2.45) is 11.8 Å². The summed E-state index contributed by atoms with van der Waals surface area (Å²) in [4.78, 5) is 25.1. The molecule has 6 heteroatoms. The molecule has 2 aliphatic rings. The summed E-state index contributed by atoms with van der Waals surface area (Å²) >= 11 is 0. The Morgan fingerprint density at radius 3 is 2.76 bits per heavy atom. The minimum absolute atomic E-state index is 0.240. The van der Waals surface area contributed by atoms with Gasteiger partial charge in [-0.15, -0.1) is 0 Å². The number of likely N-dealkylation sites (tertiary alicyclic amines) is 1. The Hall–Kier alpha value is -1.30. The third kappa shape index (κ3) is 4.33. The third-order valence-electron chi connectivity index (χ3n) is 4.69.